The average molecular weight is 285 g/mol. The molecule has 6 heteroatoms. The number of carbonyl (C=O) groups is 1. The second-order valence-corrected chi connectivity index (χ2v) is 4.55. The molecule has 1 aliphatic rings. The van der Waals surface area contributed by atoms with Crippen molar-refractivity contribution in [2.24, 2.45) is 0 Å². The minimum atomic E-state index is -1.52. The minimum absolute atomic E-state index is 0.145. The molecule has 1 unspecified atom stereocenters. The molecular weight excluding hydrogens is 271 g/mol. The van der Waals surface area contributed by atoms with Crippen LogP contribution in [0, 0.1) is 17.5 Å². The molecule has 0 spiro atoms. The van der Waals surface area contributed by atoms with Crippen LogP contribution in [0.2, 0.25) is 0 Å². The third-order valence-corrected chi connectivity index (χ3v) is 3.01. The van der Waals surface area contributed by atoms with Gasteiger partial charge in [-0.05, 0) is 43.5 Å². The number of amides is 1. The lowest BCUT2D eigenvalue weighted by Gasteiger charge is -2.18. The van der Waals surface area contributed by atoms with E-state index in [0.29, 0.717) is 6.61 Å². The predicted molar refractivity (Wildman–Crippen MR) is 66.1 cm³/mol. The summed E-state index contributed by atoms with van der Waals surface area (Å²) in [6, 6.07) is 1.05. The van der Waals surface area contributed by atoms with E-state index in [-0.39, 0.29) is 11.3 Å². The van der Waals surface area contributed by atoms with Crippen LogP contribution < -0.4 is 5.32 Å². The smallest absolute Gasteiger partial charge is 0.286 e. The maximum Gasteiger partial charge on any atom is 0.286 e. The molecule has 0 saturated carbocycles. The Hall–Kier alpha value is -1.98. The van der Waals surface area contributed by atoms with E-state index in [9.17, 15) is 18.0 Å². The van der Waals surface area contributed by atoms with Crippen LogP contribution in [0.1, 0.15) is 31.4 Å². The predicted octanol–water partition coefficient (Wildman–Crippen LogP) is 2.98. The number of nitrogens with one attached hydrogen (secondary N) is 1. The number of benzene rings is 1. The zero-order chi connectivity index (χ0) is 14.7. The van der Waals surface area contributed by atoms with Crippen LogP contribution in [0.5, 0.6) is 0 Å². The molecule has 1 aromatic rings. The normalized spacial score (nSPS) is 16.1. The standard InChI is InChI=1S/C14H14F3NO2/c1-8(9-6-10(15)13(17)11(16)7-9)18-14(19)12-4-2-3-5-20-12/h4,6-8H,2-3,5H2,1H3,(H,18,19). The minimum Gasteiger partial charge on any atom is -0.488 e. The van der Waals surface area contributed by atoms with Gasteiger partial charge in [0.25, 0.3) is 5.91 Å². The van der Waals surface area contributed by atoms with Crippen LogP contribution in [0.3, 0.4) is 0 Å². The summed E-state index contributed by atoms with van der Waals surface area (Å²) in [5.41, 5.74) is 0.145. The number of carbonyl (C=O) groups excluding carboxylic acids is 1. The molecule has 0 fully saturated rings. The summed E-state index contributed by atoms with van der Waals surface area (Å²) in [4.78, 5) is 11.9. The summed E-state index contributed by atoms with van der Waals surface area (Å²) in [6.07, 6.45) is 3.26. The maximum absolute atomic E-state index is 13.1. The van der Waals surface area contributed by atoms with E-state index in [1.54, 1.807) is 13.0 Å². The highest BCUT2D eigenvalue weighted by Gasteiger charge is 2.19. The summed E-state index contributed by atoms with van der Waals surface area (Å²) in [5, 5.41) is 2.55. The highest BCUT2D eigenvalue weighted by Crippen LogP contribution is 2.20. The second kappa shape index (κ2) is 5.98. The molecule has 2 rings (SSSR count). The number of rotatable bonds is 3. The van der Waals surface area contributed by atoms with E-state index in [2.05, 4.69) is 5.32 Å². The molecule has 1 N–H and O–H groups in total. The van der Waals surface area contributed by atoms with Crippen molar-refractivity contribution < 1.29 is 22.7 Å². The van der Waals surface area contributed by atoms with Crippen LogP contribution in [0.4, 0.5) is 13.2 Å². The Morgan fingerprint density at radius 1 is 1.30 bits per heavy atom. The summed E-state index contributed by atoms with van der Waals surface area (Å²) >= 11 is 0. The molecule has 108 valence electrons. The lowest BCUT2D eigenvalue weighted by Crippen LogP contribution is -2.30. The molecule has 0 bridgehead atoms. The fourth-order valence-corrected chi connectivity index (χ4v) is 1.89. The first kappa shape index (κ1) is 14.4. The number of ether oxygens (including phenoxy) is 1. The fourth-order valence-electron chi connectivity index (χ4n) is 1.89. The number of hydrogen-bond donors (Lipinski definition) is 1. The van der Waals surface area contributed by atoms with Gasteiger partial charge in [0.1, 0.15) is 0 Å². The molecule has 1 amide bonds. The Balaban J connectivity index is 2.10. The quantitative estimate of drug-likeness (QED) is 0.867. The molecule has 0 aromatic heterocycles. The molecule has 1 heterocycles. The van der Waals surface area contributed by atoms with Gasteiger partial charge in [-0.25, -0.2) is 13.2 Å². The highest BCUT2D eigenvalue weighted by atomic mass is 19.2. The molecule has 0 saturated heterocycles. The summed E-state index contributed by atoms with van der Waals surface area (Å²) < 4.78 is 44.3. The van der Waals surface area contributed by atoms with Gasteiger partial charge < -0.3 is 10.1 Å². The van der Waals surface area contributed by atoms with Crippen molar-refractivity contribution in [3.8, 4) is 0 Å². The topological polar surface area (TPSA) is 38.3 Å². The molecule has 0 radical (unpaired) electrons. The average Bonchev–Trinajstić information content (AvgIpc) is 2.45. The Kier molecular flexibility index (Phi) is 4.32. The van der Waals surface area contributed by atoms with Gasteiger partial charge in [-0.3, -0.25) is 4.79 Å². The van der Waals surface area contributed by atoms with E-state index in [4.69, 9.17) is 4.74 Å². The SMILES string of the molecule is CC(NC(=O)C1=CCCCO1)c1cc(F)c(F)c(F)c1. The van der Waals surface area contributed by atoms with Crippen molar-refractivity contribution in [3.63, 3.8) is 0 Å². The van der Waals surface area contributed by atoms with Gasteiger partial charge in [0.15, 0.2) is 23.2 Å². The van der Waals surface area contributed by atoms with E-state index in [1.165, 1.54) is 0 Å². The lowest BCUT2D eigenvalue weighted by atomic mass is 10.1. The van der Waals surface area contributed by atoms with E-state index in [0.717, 1.165) is 25.0 Å². The van der Waals surface area contributed by atoms with Gasteiger partial charge in [-0.1, -0.05) is 0 Å². The monoisotopic (exact) mass is 285 g/mol. The molecule has 3 nitrogen and oxygen atoms in total. The third-order valence-electron chi connectivity index (χ3n) is 3.01. The zero-order valence-electron chi connectivity index (χ0n) is 10.9. The van der Waals surface area contributed by atoms with Crippen molar-refractivity contribution in [2.75, 3.05) is 6.61 Å². The van der Waals surface area contributed by atoms with E-state index >= 15 is 0 Å². The van der Waals surface area contributed by atoms with Crippen LogP contribution >= 0.6 is 0 Å². The van der Waals surface area contributed by atoms with Gasteiger partial charge >= 0.3 is 0 Å². The largest absolute Gasteiger partial charge is 0.488 e. The molecule has 1 atom stereocenters. The molecule has 0 aliphatic carbocycles. The number of halogens is 3. The highest BCUT2D eigenvalue weighted by molar-refractivity contribution is 5.91. The maximum atomic E-state index is 13.1. The van der Waals surface area contributed by atoms with Gasteiger partial charge in [0.05, 0.1) is 12.6 Å². The van der Waals surface area contributed by atoms with Gasteiger partial charge in [-0.2, -0.15) is 0 Å². The molecule has 1 aromatic carbocycles. The molecule has 20 heavy (non-hydrogen) atoms. The summed E-state index contributed by atoms with van der Waals surface area (Å²) in [6.45, 7) is 2.01. The zero-order valence-corrected chi connectivity index (χ0v) is 10.9. The Morgan fingerprint density at radius 3 is 2.50 bits per heavy atom. The summed E-state index contributed by atoms with van der Waals surface area (Å²) in [5.74, 6) is -4.34. The first-order valence-corrected chi connectivity index (χ1v) is 6.27. The molecule has 1 aliphatic heterocycles. The Labute approximate surface area is 114 Å². The third kappa shape index (κ3) is 3.12. The van der Waals surface area contributed by atoms with E-state index < -0.39 is 29.4 Å². The second-order valence-electron chi connectivity index (χ2n) is 4.55. The van der Waals surface area contributed by atoms with E-state index in [1.807, 2.05) is 0 Å². The van der Waals surface area contributed by atoms with Gasteiger partial charge in [-0.15, -0.1) is 0 Å². The molecular formula is C14H14F3NO2. The first-order valence-electron chi connectivity index (χ1n) is 6.27. The van der Waals surface area contributed by atoms with Crippen LogP contribution in [0.15, 0.2) is 24.0 Å². The number of allylic oxidation sites excluding steroid dienone is 1. The summed E-state index contributed by atoms with van der Waals surface area (Å²) in [7, 11) is 0. The van der Waals surface area contributed by atoms with Crippen LogP contribution in [-0.4, -0.2) is 12.5 Å². The number of hydrogen-bond acceptors (Lipinski definition) is 2. The Bertz CT molecular complexity index is 534. The van der Waals surface area contributed by atoms with Crippen molar-refractivity contribution in [1.29, 1.82) is 0 Å². The van der Waals surface area contributed by atoms with Crippen molar-refractivity contribution in [2.45, 2.75) is 25.8 Å². The van der Waals surface area contributed by atoms with Gasteiger partial charge in [0.2, 0.25) is 0 Å². The lowest BCUT2D eigenvalue weighted by molar-refractivity contribution is -0.121. The first-order chi connectivity index (χ1) is 9.49. The van der Waals surface area contributed by atoms with Gasteiger partial charge in [0, 0.05) is 0 Å². The fraction of sp³-hybridized carbons (Fsp3) is 0.357. The Morgan fingerprint density at radius 2 is 1.95 bits per heavy atom. The van der Waals surface area contributed by atoms with Crippen LogP contribution in [0.25, 0.3) is 0 Å². The van der Waals surface area contributed by atoms with Crippen molar-refractivity contribution in [3.05, 3.63) is 47.0 Å². The van der Waals surface area contributed by atoms with Crippen molar-refractivity contribution >= 4 is 5.91 Å². The van der Waals surface area contributed by atoms with Crippen LogP contribution in [-0.2, 0) is 9.53 Å². The van der Waals surface area contributed by atoms with Crippen molar-refractivity contribution in [1.82, 2.24) is 5.32 Å².